The zero-order valence-corrected chi connectivity index (χ0v) is 13.0. The van der Waals surface area contributed by atoms with E-state index in [0.717, 1.165) is 24.3 Å². The van der Waals surface area contributed by atoms with Crippen molar-refractivity contribution >= 4 is 11.6 Å². The van der Waals surface area contributed by atoms with Crippen molar-refractivity contribution in [1.82, 2.24) is 0 Å². The Morgan fingerprint density at radius 2 is 2.10 bits per heavy atom. The van der Waals surface area contributed by atoms with Gasteiger partial charge in [0.2, 0.25) is 5.91 Å². The maximum absolute atomic E-state index is 12.2. The summed E-state index contributed by atoms with van der Waals surface area (Å²) in [6.45, 7) is 5.43. The Hall–Kier alpha value is -1.55. The molecule has 3 N–H and O–H groups in total. The zero-order chi connectivity index (χ0) is 15.3. The Morgan fingerprint density at radius 3 is 2.67 bits per heavy atom. The SMILES string of the molecule is CC(C)COc1ccccc1NC(=O)CC1(CN)CCC1. The molecule has 1 aliphatic carbocycles. The lowest BCUT2D eigenvalue weighted by Gasteiger charge is -2.40. The number of rotatable bonds is 7. The van der Waals surface area contributed by atoms with E-state index in [2.05, 4.69) is 19.2 Å². The summed E-state index contributed by atoms with van der Waals surface area (Å²) in [5, 5.41) is 2.97. The highest BCUT2D eigenvalue weighted by molar-refractivity contribution is 5.92. The fourth-order valence-corrected chi connectivity index (χ4v) is 2.62. The van der Waals surface area contributed by atoms with E-state index in [0.29, 0.717) is 25.5 Å². The number of hydrogen-bond acceptors (Lipinski definition) is 3. The van der Waals surface area contributed by atoms with Gasteiger partial charge in [-0.3, -0.25) is 4.79 Å². The molecule has 2 rings (SSSR count). The van der Waals surface area contributed by atoms with Crippen LogP contribution in [0.15, 0.2) is 24.3 Å². The smallest absolute Gasteiger partial charge is 0.225 e. The van der Waals surface area contributed by atoms with E-state index >= 15 is 0 Å². The van der Waals surface area contributed by atoms with Gasteiger partial charge >= 0.3 is 0 Å². The maximum Gasteiger partial charge on any atom is 0.225 e. The summed E-state index contributed by atoms with van der Waals surface area (Å²) in [5.74, 6) is 1.21. The van der Waals surface area contributed by atoms with Crippen LogP contribution in [0.4, 0.5) is 5.69 Å². The standard InChI is InChI=1S/C17H26N2O2/c1-13(2)11-21-15-7-4-3-6-14(15)19-16(20)10-17(12-18)8-5-9-17/h3-4,6-7,13H,5,8-12,18H2,1-2H3,(H,19,20). The van der Waals surface area contributed by atoms with Gasteiger partial charge in [-0.15, -0.1) is 0 Å². The zero-order valence-electron chi connectivity index (χ0n) is 13.0. The number of nitrogens with two attached hydrogens (primary N) is 1. The molecule has 0 unspecified atom stereocenters. The lowest BCUT2D eigenvalue weighted by Crippen LogP contribution is -2.40. The van der Waals surface area contributed by atoms with E-state index < -0.39 is 0 Å². The van der Waals surface area contributed by atoms with Crippen LogP contribution in [0.5, 0.6) is 5.75 Å². The fourth-order valence-electron chi connectivity index (χ4n) is 2.62. The van der Waals surface area contributed by atoms with E-state index in [1.165, 1.54) is 6.42 Å². The van der Waals surface area contributed by atoms with Crippen molar-refractivity contribution in [2.24, 2.45) is 17.1 Å². The quantitative estimate of drug-likeness (QED) is 0.810. The average Bonchev–Trinajstić information content (AvgIpc) is 2.42. The first-order valence-electron chi connectivity index (χ1n) is 7.76. The van der Waals surface area contributed by atoms with Crippen LogP contribution in [0.3, 0.4) is 0 Å². The highest BCUT2D eigenvalue weighted by Crippen LogP contribution is 2.43. The second-order valence-electron chi connectivity index (χ2n) is 6.48. The van der Waals surface area contributed by atoms with E-state index in [9.17, 15) is 4.79 Å². The number of para-hydroxylation sites is 2. The molecule has 4 heteroatoms. The molecule has 0 saturated heterocycles. The van der Waals surface area contributed by atoms with E-state index in [1.807, 2.05) is 24.3 Å². The summed E-state index contributed by atoms with van der Waals surface area (Å²) >= 11 is 0. The molecule has 0 bridgehead atoms. The molecule has 1 fully saturated rings. The third-order valence-corrected chi connectivity index (χ3v) is 4.12. The van der Waals surface area contributed by atoms with Gasteiger partial charge in [0.05, 0.1) is 12.3 Å². The fraction of sp³-hybridized carbons (Fsp3) is 0.588. The molecule has 0 radical (unpaired) electrons. The van der Waals surface area contributed by atoms with Crippen LogP contribution >= 0.6 is 0 Å². The number of carbonyl (C=O) groups is 1. The van der Waals surface area contributed by atoms with Gasteiger partial charge in [0.25, 0.3) is 0 Å². The van der Waals surface area contributed by atoms with Gasteiger partial charge in [0.1, 0.15) is 5.75 Å². The molecule has 0 spiro atoms. The number of benzene rings is 1. The third-order valence-electron chi connectivity index (χ3n) is 4.12. The van der Waals surface area contributed by atoms with Crippen LogP contribution in [0.2, 0.25) is 0 Å². The third kappa shape index (κ3) is 4.21. The molecule has 1 amide bonds. The van der Waals surface area contributed by atoms with Crippen LogP contribution in [-0.4, -0.2) is 19.1 Å². The molecule has 1 aliphatic rings. The van der Waals surface area contributed by atoms with Gasteiger partial charge in [0, 0.05) is 6.42 Å². The number of ether oxygens (including phenoxy) is 1. The van der Waals surface area contributed by atoms with Crippen molar-refractivity contribution in [2.75, 3.05) is 18.5 Å². The largest absolute Gasteiger partial charge is 0.491 e. The lowest BCUT2D eigenvalue weighted by molar-refractivity contribution is -0.119. The Bertz CT molecular complexity index is 476. The highest BCUT2D eigenvalue weighted by atomic mass is 16.5. The summed E-state index contributed by atoms with van der Waals surface area (Å²) in [5.41, 5.74) is 6.59. The van der Waals surface area contributed by atoms with Crippen molar-refractivity contribution in [3.8, 4) is 5.75 Å². The van der Waals surface area contributed by atoms with Crippen LogP contribution in [-0.2, 0) is 4.79 Å². The van der Waals surface area contributed by atoms with Gasteiger partial charge in [0.15, 0.2) is 0 Å². The summed E-state index contributed by atoms with van der Waals surface area (Å²) in [6, 6.07) is 7.59. The number of hydrogen-bond donors (Lipinski definition) is 2. The van der Waals surface area contributed by atoms with E-state index in [4.69, 9.17) is 10.5 Å². The Balaban J connectivity index is 1.97. The van der Waals surface area contributed by atoms with E-state index in [-0.39, 0.29) is 11.3 Å². The summed E-state index contributed by atoms with van der Waals surface area (Å²) < 4.78 is 5.76. The minimum atomic E-state index is 0.0256. The van der Waals surface area contributed by atoms with Gasteiger partial charge in [-0.1, -0.05) is 32.4 Å². The summed E-state index contributed by atoms with van der Waals surface area (Å²) in [4.78, 5) is 12.2. The van der Waals surface area contributed by atoms with Gasteiger partial charge in [-0.25, -0.2) is 0 Å². The van der Waals surface area contributed by atoms with Gasteiger partial charge in [-0.05, 0) is 42.9 Å². The average molecular weight is 290 g/mol. The van der Waals surface area contributed by atoms with Gasteiger partial charge < -0.3 is 15.8 Å². The van der Waals surface area contributed by atoms with Crippen LogP contribution in [0, 0.1) is 11.3 Å². The number of carbonyl (C=O) groups excluding carboxylic acids is 1. The molecule has 1 aromatic rings. The first kappa shape index (κ1) is 15.8. The Morgan fingerprint density at radius 1 is 1.38 bits per heavy atom. The number of nitrogens with one attached hydrogen (secondary N) is 1. The Kier molecular flexibility index (Phi) is 5.23. The van der Waals surface area contributed by atoms with Crippen molar-refractivity contribution in [3.05, 3.63) is 24.3 Å². The molecule has 116 valence electrons. The first-order chi connectivity index (χ1) is 10.0. The van der Waals surface area contributed by atoms with Gasteiger partial charge in [-0.2, -0.15) is 0 Å². The van der Waals surface area contributed by atoms with Crippen molar-refractivity contribution in [1.29, 1.82) is 0 Å². The molecule has 0 atom stereocenters. The Labute approximate surface area is 127 Å². The highest BCUT2D eigenvalue weighted by Gasteiger charge is 2.37. The molecule has 1 saturated carbocycles. The molecule has 4 nitrogen and oxygen atoms in total. The molecule has 0 aliphatic heterocycles. The van der Waals surface area contributed by atoms with Crippen LogP contribution < -0.4 is 15.8 Å². The molecular formula is C17H26N2O2. The van der Waals surface area contributed by atoms with Crippen LogP contribution in [0.25, 0.3) is 0 Å². The molecule has 21 heavy (non-hydrogen) atoms. The molecule has 1 aromatic carbocycles. The summed E-state index contributed by atoms with van der Waals surface area (Å²) in [7, 11) is 0. The predicted octanol–water partition coefficient (Wildman–Crippen LogP) is 3.18. The van der Waals surface area contributed by atoms with Crippen molar-refractivity contribution in [2.45, 2.75) is 39.5 Å². The second kappa shape index (κ2) is 6.94. The molecule has 0 heterocycles. The summed E-state index contributed by atoms with van der Waals surface area (Å²) in [6.07, 6.45) is 3.80. The maximum atomic E-state index is 12.2. The topological polar surface area (TPSA) is 64.3 Å². The predicted molar refractivity (Wildman–Crippen MR) is 85.4 cm³/mol. The lowest BCUT2D eigenvalue weighted by atomic mass is 9.66. The number of anilines is 1. The van der Waals surface area contributed by atoms with Crippen LogP contribution in [0.1, 0.15) is 39.5 Å². The minimum Gasteiger partial charge on any atom is -0.491 e. The monoisotopic (exact) mass is 290 g/mol. The minimum absolute atomic E-state index is 0.0256. The van der Waals surface area contributed by atoms with Crippen molar-refractivity contribution < 1.29 is 9.53 Å². The number of amides is 1. The molecular weight excluding hydrogens is 264 g/mol. The van der Waals surface area contributed by atoms with Crippen molar-refractivity contribution in [3.63, 3.8) is 0 Å². The normalized spacial score (nSPS) is 16.4. The first-order valence-corrected chi connectivity index (χ1v) is 7.76. The molecule has 0 aromatic heterocycles. The second-order valence-corrected chi connectivity index (χ2v) is 6.48. The van der Waals surface area contributed by atoms with E-state index in [1.54, 1.807) is 0 Å².